The van der Waals surface area contributed by atoms with Crippen LogP contribution in [-0.2, 0) is 13.6 Å². The van der Waals surface area contributed by atoms with Gasteiger partial charge in [0.15, 0.2) is 0 Å². The molecule has 4 rings (SSSR count). The second-order valence-electron chi connectivity index (χ2n) is 7.50. The van der Waals surface area contributed by atoms with Crippen molar-refractivity contribution in [3.05, 3.63) is 59.4 Å². The van der Waals surface area contributed by atoms with Crippen molar-refractivity contribution >= 4 is 11.9 Å². The van der Waals surface area contributed by atoms with Crippen LogP contribution in [0.3, 0.4) is 0 Å². The van der Waals surface area contributed by atoms with Gasteiger partial charge in [0.05, 0.1) is 6.04 Å². The van der Waals surface area contributed by atoms with Crippen LogP contribution in [0.2, 0.25) is 0 Å². The summed E-state index contributed by atoms with van der Waals surface area (Å²) in [5.41, 5.74) is 2.75. The van der Waals surface area contributed by atoms with Crippen LogP contribution in [0.5, 0.6) is 0 Å². The number of hydrogen-bond donors (Lipinski definition) is 2. The number of aryl methyl sites for hydroxylation is 1. The molecule has 1 aliphatic carbocycles. The molecule has 2 heterocycles. The predicted molar refractivity (Wildman–Crippen MR) is 103 cm³/mol. The van der Waals surface area contributed by atoms with Crippen LogP contribution in [-0.4, -0.2) is 34.0 Å². The summed E-state index contributed by atoms with van der Waals surface area (Å²) >= 11 is 0. The standard InChI is InChI=1S/C21H26N4O2/c1-24-11-3-7-18(24)19-8-4-12-25(19)21(27)22-14-15-5-2-6-16(13-15)20(26)23-17-9-10-17/h2-3,5-7,11,13,17,19H,4,8-10,12,14H2,1H3,(H,22,27)(H,23,26)/t19-/m1/s1. The number of rotatable bonds is 5. The van der Waals surface area contributed by atoms with Gasteiger partial charge in [-0.3, -0.25) is 4.79 Å². The summed E-state index contributed by atoms with van der Waals surface area (Å²) in [6.45, 7) is 1.19. The van der Waals surface area contributed by atoms with Crippen molar-refractivity contribution in [3.63, 3.8) is 0 Å². The van der Waals surface area contributed by atoms with Crippen molar-refractivity contribution in [1.82, 2.24) is 20.1 Å². The molecule has 2 aliphatic rings. The monoisotopic (exact) mass is 366 g/mol. The van der Waals surface area contributed by atoms with E-state index in [-0.39, 0.29) is 18.0 Å². The number of benzene rings is 1. The third kappa shape index (κ3) is 3.99. The zero-order chi connectivity index (χ0) is 18.8. The van der Waals surface area contributed by atoms with Gasteiger partial charge in [-0.1, -0.05) is 12.1 Å². The van der Waals surface area contributed by atoms with E-state index in [4.69, 9.17) is 0 Å². The summed E-state index contributed by atoms with van der Waals surface area (Å²) in [6, 6.07) is 12.0. The molecule has 1 aromatic heterocycles. The number of nitrogens with one attached hydrogen (secondary N) is 2. The number of likely N-dealkylation sites (tertiary alicyclic amines) is 1. The fraction of sp³-hybridized carbons (Fsp3) is 0.429. The number of nitrogens with zero attached hydrogens (tertiary/aromatic N) is 2. The highest BCUT2D eigenvalue weighted by atomic mass is 16.2. The molecule has 6 nitrogen and oxygen atoms in total. The molecule has 2 fully saturated rings. The third-order valence-corrected chi connectivity index (χ3v) is 5.38. The largest absolute Gasteiger partial charge is 0.353 e. The Bertz CT molecular complexity index is 840. The molecule has 0 bridgehead atoms. The topological polar surface area (TPSA) is 66.4 Å². The quantitative estimate of drug-likeness (QED) is 0.854. The van der Waals surface area contributed by atoms with Gasteiger partial charge in [-0.15, -0.1) is 0 Å². The van der Waals surface area contributed by atoms with Crippen LogP contribution in [0.25, 0.3) is 0 Å². The third-order valence-electron chi connectivity index (χ3n) is 5.38. The van der Waals surface area contributed by atoms with Gasteiger partial charge in [-0.2, -0.15) is 0 Å². The van der Waals surface area contributed by atoms with E-state index < -0.39 is 0 Å². The molecule has 2 N–H and O–H groups in total. The first-order chi connectivity index (χ1) is 13.1. The van der Waals surface area contributed by atoms with E-state index in [1.165, 1.54) is 5.69 Å². The van der Waals surface area contributed by atoms with Crippen molar-refractivity contribution in [1.29, 1.82) is 0 Å². The molecule has 3 amide bonds. The van der Waals surface area contributed by atoms with Crippen LogP contribution in [0.15, 0.2) is 42.6 Å². The molecule has 27 heavy (non-hydrogen) atoms. The van der Waals surface area contributed by atoms with Gasteiger partial charge in [0.2, 0.25) is 0 Å². The number of hydrogen-bond acceptors (Lipinski definition) is 2. The molecule has 142 valence electrons. The highest BCUT2D eigenvalue weighted by Gasteiger charge is 2.31. The second-order valence-corrected chi connectivity index (χ2v) is 7.50. The van der Waals surface area contributed by atoms with Crippen molar-refractivity contribution in [2.24, 2.45) is 7.05 Å². The van der Waals surface area contributed by atoms with Gasteiger partial charge in [0.25, 0.3) is 5.91 Å². The van der Waals surface area contributed by atoms with Crippen molar-refractivity contribution in [2.75, 3.05) is 6.54 Å². The first-order valence-corrected chi connectivity index (χ1v) is 9.67. The lowest BCUT2D eigenvalue weighted by Gasteiger charge is -2.25. The van der Waals surface area contributed by atoms with Crippen LogP contribution < -0.4 is 10.6 Å². The van der Waals surface area contributed by atoms with Gasteiger partial charge in [0, 0.05) is 43.6 Å². The predicted octanol–water partition coefficient (Wildman–Crippen LogP) is 2.96. The Kier molecular flexibility index (Phi) is 4.88. The van der Waals surface area contributed by atoms with Crippen LogP contribution >= 0.6 is 0 Å². The van der Waals surface area contributed by atoms with Crippen LogP contribution in [0.4, 0.5) is 4.79 Å². The first kappa shape index (κ1) is 17.6. The van der Waals surface area contributed by atoms with Gasteiger partial charge in [0.1, 0.15) is 0 Å². The normalized spacial score (nSPS) is 19.1. The zero-order valence-corrected chi connectivity index (χ0v) is 15.6. The van der Waals surface area contributed by atoms with E-state index in [1.807, 2.05) is 48.5 Å². The van der Waals surface area contributed by atoms with Gasteiger partial charge in [-0.05, 0) is 55.5 Å². The highest BCUT2D eigenvalue weighted by molar-refractivity contribution is 5.94. The average Bonchev–Trinajstić information content (AvgIpc) is 3.17. The molecular weight excluding hydrogens is 340 g/mol. The zero-order valence-electron chi connectivity index (χ0n) is 15.6. The van der Waals surface area contributed by atoms with Crippen molar-refractivity contribution in [2.45, 2.75) is 44.3 Å². The smallest absolute Gasteiger partial charge is 0.318 e. The number of amides is 3. The Morgan fingerprint density at radius 2 is 2.00 bits per heavy atom. The van der Waals surface area contributed by atoms with Crippen LogP contribution in [0, 0.1) is 0 Å². The minimum absolute atomic E-state index is 0.0333. The van der Waals surface area contributed by atoms with Crippen LogP contribution in [0.1, 0.15) is 53.3 Å². The fourth-order valence-electron chi connectivity index (χ4n) is 3.74. The van der Waals surface area contributed by atoms with Gasteiger partial charge < -0.3 is 20.1 Å². The lowest BCUT2D eigenvalue weighted by molar-refractivity contribution is 0.0951. The molecule has 1 saturated heterocycles. The lowest BCUT2D eigenvalue weighted by Crippen LogP contribution is -2.39. The molecule has 6 heteroatoms. The SMILES string of the molecule is Cn1cccc1[C@H]1CCCN1C(=O)NCc1cccc(C(=O)NC2CC2)c1. The van der Waals surface area contributed by atoms with Crippen molar-refractivity contribution in [3.8, 4) is 0 Å². The first-order valence-electron chi connectivity index (χ1n) is 9.67. The highest BCUT2D eigenvalue weighted by Crippen LogP contribution is 2.31. The van der Waals surface area contributed by atoms with E-state index in [0.717, 1.165) is 37.8 Å². The number of carbonyl (C=O) groups is 2. The Morgan fingerprint density at radius 3 is 2.74 bits per heavy atom. The number of urea groups is 1. The van der Waals surface area contributed by atoms with Gasteiger partial charge >= 0.3 is 6.03 Å². The van der Waals surface area contributed by atoms with E-state index >= 15 is 0 Å². The summed E-state index contributed by atoms with van der Waals surface area (Å²) in [6.07, 6.45) is 6.16. The molecule has 1 saturated carbocycles. The van der Waals surface area contributed by atoms with Crippen molar-refractivity contribution < 1.29 is 9.59 Å². The molecule has 0 unspecified atom stereocenters. The van der Waals surface area contributed by atoms with Gasteiger partial charge in [-0.25, -0.2) is 4.79 Å². The van der Waals surface area contributed by atoms with E-state index in [9.17, 15) is 9.59 Å². The summed E-state index contributed by atoms with van der Waals surface area (Å²) < 4.78 is 2.08. The number of aromatic nitrogens is 1. The minimum atomic E-state index is -0.0495. The lowest BCUT2D eigenvalue weighted by atomic mass is 10.1. The Balaban J connectivity index is 1.37. The molecule has 0 spiro atoms. The Morgan fingerprint density at radius 1 is 1.15 bits per heavy atom. The maximum Gasteiger partial charge on any atom is 0.318 e. The summed E-state index contributed by atoms with van der Waals surface area (Å²) in [7, 11) is 2.02. The molecule has 0 radical (unpaired) electrons. The molecule has 1 atom stereocenters. The maximum atomic E-state index is 12.7. The molecule has 2 aromatic rings. The second kappa shape index (κ2) is 7.47. The molecule has 1 aromatic carbocycles. The fourth-order valence-corrected chi connectivity index (χ4v) is 3.74. The Hall–Kier alpha value is -2.76. The Labute approximate surface area is 159 Å². The summed E-state index contributed by atoms with van der Waals surface area (Å²) in [5.74, 6) is -0.0333. The summed E-state index contributed by atoms with van der Waals surface area (Å²) in [4.78, 5) is 26.8. The molecule has 1 aliphatic heterocycles. The molecular formula is C21H26N4O2. The minimum Gasteiger partial charge on any atom is -0.353 e. The summed E-state index contributed by atoms with van der Waals surface area (Å²) in [5, 5.41) is 6.01. The van der Waals surface area contributed by atoms with E-state index in [0.29, 0.717) is 18.2 Å². The number of carbonyl (C=O) groups excluding carboxylic acids is 2. The average molecular weight is 366 g/mol. The maximum absolute atomic E-state index is 12.7. The van der Waals surface area contributed by atoms with E-state index in [1.54, 1.807) is 0 Å². The van der Waals surface area contributed by atoms with E-state index in [2.05, 4.69) is 21.3 Å².